The highest BCUT2D eigenvalue weighted by Crippen LogP contribution is 2.21. The van der Waals surface area contributed by atoms with Crippen LogP contribution in [0.2, 0.25) is 0 Å². The van der Waals surface area contributed by atoms with Crippen molar-refractivity contribution in [1.82, 2.24) is 9.78 Å². The summed E-state index contributed by atoms with van der Waals surface area (Å²) in [6.45, 7) is 3.85. The molecule has 0 bridgehead atoms. The molecule has 102 valence electrons. The van der Waals surface area contributed by atoms with Crippen molar-refractivity contribution in [2.45, 2.75) is 45.6 Å². The number of aryl methyl sites for hydroxylation is 1. The average Bonchev–Trinajstić information content (AvgIpc) is 2.66. The second kappa shape index (κ2) is 6.65. The zero-order valence-electron chi connectivity index (χ0n) is 10.6. The van der Waals surface area contributed by atoms with Gasteiger partial charge in [0.05, 0.1) is 35.6 Å². The Morgan fingerprint density at radius 1 is 1.56 bits per heavy atom. The smallest absolute Gasteiger partial charge is 0.157 e. The number of rotatable bonds is 5. The standard InChI is InChI=1S/C12H19BrN2O3/c1-9-12(13)10(8-16)15(14-9)5-7-18-11-4-2-3-6-17-11/h11,16H,2-8H2,1H3. The minimum atomic E-state index is -0.0728. The number of ether oxygens (including phenoxy) is 2. The van der Waals surface area contributed by atoms with Crippen LogP contribution in [0.15, 0.2) is 4.47 Å². The van der Waals surface area contributed by atoms with E-state index in [9.17, 15) is 5.11 Å². The molecule has 18 heavy (non-hydrogen) atoms. The third-order valence-corrected chi connectivity index (χ3v) is 4.08. The molecule has 2 rings (SSSR count). The van der Waals surface area contributed by atoms with Crippen LogP contribution in [0.4, 0.5) is 0 Å². The highest BCUT2D eigenvalue weighted by Gasteiger charge is 2.15. The fourth-order valence-electron chi connectivity index (χ4n) is 2.06. The van der Waals surface area contributed by atoms with Crippen LogP contribution in [0.3, 0.4) is 0 Å². The fourth-order valence-corrected chi connectivity index (χ4v) is 2.47. The number of nitrogens with zero attached hydrogens (tertiary/aromatic N) is 2. The van der Waals surface area contributed by atoms with Gasteiger partial charge in [0.2, 0.25) is 0 Å². The largest absolute Gasteiger partial charge is 0.390 e. The van der Waals surface area contributed by atoms with E-state index in [0.29, 0.717) is 13.2 Å². The van der Waals surface area contributed by atoms with Gasteiger partial charge in [-0.15, -0.1) is 0 Å². The van der Waals surface area contributed by atoms with Crippen LogP contribution in [0.1, 0.15) is 30.7 Å². The first kappa shape index (κ1) is 14.0. The molecule has 0 amide bonds. The van der Waals surface area contributed by atoms with E-state index in [1.807, 2.05) is 6.92 Å². The van der Waals surface area contributed by atoms with Crippen LogP contribution in [0.25, 0.3) is 0 Å². The molecule has 1 atom stereocenters. The zero-order chi connectivity index (χ0) is 13.0. The topological polar surface area (TPSA) is 56.5 Å². The van der Waals surface area contributed by atoms with Gasteiger partial charge in [-0.2, -0.15) is 5.10 Å². The molecule has 0 saturated carbocycles. The Kier molecular flexibility index (Phi) is 5.17. The molecule has 1 fully saturated rings. The Balaban J connectivity index is 1.84. The van der Waals surface area contributed by atoms with Crippen molar-refractivity contribution in [3.63, 3.8) is 0 Å². The van der Waals surface area contributed by atoms with Crippen molar-refractivity contribution < 1.29 is 14.6 Å². The highest BCUT2D eigenvalue weighted by molar-refractivity contribution is 9.10. The summed E-state index contributed by atoms with van der Waals surface area (Å²) in [5, 5.41) is 13.7. The first-order valence-corrected chi connectivity index (χ1v) is 7.07. The van der Waals surface area contributed by atoms with Crippen LogP contribution in [0, 0.1) is 6.92 Å². The molecule has 6 heteroatoms. The quantitative estimate of drug-likeness (QED) is 0.902. The first-order valence-electron chi connectivity index (χ1n) is 6.28. The third-order valence-electron chi connectivity index (χ3n) is 3.05. The summed E-state index contributed by atoms with van der Waals surface area (Å²) in [6, 6.07) is 0. The number of aromatic nitrogens is 2. The normalized spacial score (nSPS) is 20.3. The number of aliphatic hydroxyl groups excluding tert-OH is 1. The molecular formula is C12H19BrN2O3. The van der Waals surface area contributed by atoms with Gasteiger partial charge in [-0.05, 0) is 42.1 Å². The van der Waals surface area contributed by atoms with E-state index in [0.717, 1.165) is 35.3 Å². The predicted octanol–water partition coefficient (Wildman–Crippen LogP) is 1.99. The van der Waals surface area contributed by atoms with Gasteiger partial charge in [-0.3, -0.25) is 4.68 Å². The minimum Gasteiger partial charge on any atom is -0.390 e. The third kappa shape index (κ3) is 3.32. The van der Waals surface area contributed by atoms with E-state index in [2.05, 4.69) is 21.0 Å². The fraction of sp³-hybridized carbons (Fsp3) is 0.750. The van der Waals surface area contributed by atoms with Crippen LogP contribution in [-0.4, -0.2) is 34.4 Å². The van der Waals surface area contributed by atoms with Gasteiger partial charge in [0.25, 0.3) is 0 Å². The Bertz CT molecular complexity index is 389. The molecular weight excluding hydrogens is 300 g/mol. The van der Waals surface area contributed by atoms with Gasteiger partial charge in [0, 0.05) is 6.61 Å². The van der Waals surface area contributed by atoms with Gasteiger partial charge >= 0.3 is 0 Å². The molecule has 5 nitrogen and oxygen atoms in total. The molecule has 1 aromatic heterocycles. The Hall–Kier alpha value is -0.430. The van der Waals surface area contributed by atoms with Crippen molar-refractivity contribution in [3.8, 4) is 0 Å². The van der Waals surface area contributed by atoms with Crippen molar-refractivity contribution in [2.24, 2.45) is 0 Å². The predicted molar refractivity (Wildman–Crippen MR) is 70.1 cm³/mol. The number of hydrogen-bond donors (Lipinski definition) is 1. The van der Waals surface area contributed by atoms with Crippen molar-refractivity contribution in [2.75, 3.05) is 13.2 Å². The van der Waals surface area contributed by atoms with Crippen LogP contribution < -0.4 is 0 Å². The summed E-state index contributed by atoms with van der Waals surface area (Å²) < 4.78 is 13.8. The second-order valence-electron chi connectivity index (χ2n) is 4.39. The lowest BCUT2D eigenvalue weighted by atomic mass is 10.2. The lowest BCUT2D eigenvalue weighted by Crippen LogP contribution is -2.24. The highest BCUT2D eigenvalue weighted by atomic mass is 79.9. The summed E-state index contributed by atoms with van der Waals surface area (Å²) in [7, 11) is 0. The molecule has 0 spiro atoms. The number of aliphatic hydroxyl groups is 1. The molecule has 1 aliphatic rings. The van der Waals surface area contributed by atoms with E-state index >= 15 is 0 Å². The summed E-state index contributed by atoms with van der Waals surface area (Å²) in [4.78, 5) is 0. The van der Waals surface area contributed by atoms with Crippen molar-refractivity contribution in [1.29, 1.82) is 0 Å². The Morgan fingerprint density at radius 2 is 2.39 bits per heavy atom. The van der Waals surface area contributed by atoms with Crippen molar-refractivity contribution in [3.05, 3.63) is 15.9 Å². The Morgan fingerprint density at radius 3 is 3.06 bits per heavy atom. The van der Waals surface area contributed by atoms with E-state index < -0.39 is 0 Å². The van der Waals surface area contributed by atoms with E-state index in [1.54, 1.807) is 4.68 Å². The molecule has 0 aromatic carbocycles. The molecule has 1 N–H and O–H groups in total. The maximum Gasteiger partial charge on any atom is 0.157 e. The molecule has 0 aliphatic carbocycles. The molecule has 1 aliphatic heterocycles. The van der Waals surface area contributed by atoms with E-state index in [4.69, 9.17) is 9.47 Å². The van der Waals surface area contributed by atoms with E-state index in [1.165, 1.54) is 6.42 Å². The Labute approximate surface area is 115 Å². The summed E-state index contributed by atoms with van der Waals surface area (Å²) in [6.07, 6.45) is 3.18. The van der Waals surface area contributed by atoms with Crippen molar-refractivity contribution >= 4 is 15.9 Å². The molecule has 1 unspecified atom stereocenters. The summed E-state index contributed by atoms with van der Waals surface area (Å²) in [5.41, 5.74) is 1.67. The van der Waals surface area contributed by atoms with Gasteiger partial charge in [0.15, 0.2) is 6.29 Å². The van der Waals surface area contributed by atoms with Gasteiger partial charge in [-0.1, -0.05) is 0 Å². The van der Waals surface area contributed by atoms with Gasteiger partial charge in [0.1, 0.15) is 0 Å². The molecule has 1 saturated heterocycles. The lowest BCUT2D eigenvalue weighted by molar-refractivity contribution is -0.163. The lowest BCUT2D eigenvalue weighted by Gasteiger charge is -2.22. The molecule has 1 aromatic rings. The van der Waals surface area contributed by atoms with Crippen LogP contribution in [0.5, 0.6) is 0 Å². The zero-order valence-corrected chi connectivity index (χ0v) is 12.1. The number of hydrogen-bond acceptors (Lipinski definition) is 4. The van der Waals surface area contributed by atoms with Crippen LogP contribution >= 0.6 is 15.9 Å². The average molecular weight is 319 g/mol. The summed E-state index contributed by atoms with van der Waals surface area (Å²) >= 11 is 3.42. The second-order valence-corrected chi connectivity index (χ2v) is 5.19. The molecule has 0 radical (unpaired) electrons. The van der Waals surface area contributed by atoms with Crippen LogP contribution in [-0.2, 0) is 22.6 Å². The SMILES string of the molecule is Cc1nn(CCOC2CCCCO2)c(CO)c1Br. The number of halogens is 1. The monoisotopic (exact) mass is 318 g/mol. The molecule has 2 heterocycles. The minimum absolute atomic E-state index is 0.0264. The van der Waals surface area contributed by atoms with Gasteiger partial charge < -0.3 is 14.6 Å². The maximum absolute atomic E-state index is 9.30. The van der Waals surface area contributed by atoms with E-state index in [-0.39, 0.29) is 12.9 Å². The van der Waals surface area contributed by atoms with Gasteiger partial charge in [-0.25, -0.2) is 0 Å². The summed E-state index contributed by atoms with van der Waals surface area (Å²) in [5.74, 6) is 0. The maximum atomic E-state index is 9.30. The first-order chi connectivity index (χ1) is 8.72.